The summed E-state index contributed by atoms with van der Waals surface area (Å²) in [6, 6.07) is 12.6. The highest BCUT2D eigenvalue weighted by molar-refractivity contribution is 6.00. The smallest absolute Gasteiger partial charge is 0.325 e. The summed E-state index contributed by atoms with van der Waals surface area (Å²) in [5.41, 5.74) is 1.03. The molecule has 2 aromatic carbocycles. The Balaban J connectivity index is 1.65. The average molecular weight is 343 g/mol. The van der Waals surface area contributed by atoms with E-state index in [-0.39, 0.29) is 18.5 Å². The van der Waals surface area contributed by atoms with Gasteiger partial charge in [0, 0.05) is 18.8 Å². The van der Waals surface area contributed by atoms with Crippen LogP contribution in [0.4, 0.5) is 20.6 Å². The summed E-state index contributed by atoms with van der Waals surface area (Å²) in [7, 11) is 1.55. The second kappa shape index (κ2) is 7.21. The van der Waals surface area contributed by atoms with E-state index in [2.05, 4.69) is 5.32 Å². The summed E-state index contributed by atoms with van der Waals surface area (Å²) in [5.74, 6) is -0.208. The first kappa shape index (κ1) is 16.8. The van der Waals surface area contributed by atoms with Gasteiger partial charge in [0.1, 0.15) is 18.1 Å². The lowest BCUT2D eigenvalue weighted by molar-refractivity contribution is -0.116. The number of benzene rings is 2. The van der Waals surface area contributed by atoms with Gasteiger partial charge < -0.3 is 15.0 Å². The normalized spacial score (nSPS) is 13.9. The van der Waals surface area contributed by atoms with Gasteiger partial charge in [-0.3, -0.25) is 9.69 Å². The molecular weight excluding hydrogens is 325 g/mol. The molecule has 6 nitrogen and oxygen atoms in total. The SMILES string of the molecule is COc1ccccc1N1CCN(CC(=O)Nc2cccc(F)c2)C1=O. The number of ether oxygens (including phenoxy) is 1. The first-order valence-corrected chi connectivity index (χ1v) is 7.83. The minimum atomic E-state index is -0.433. The molecule has 1 aliphatic heterocycles. The first-order valence-electron chi connectivity index (χ1n) is 7.83. The highest BCUT2D eigenvalue weighted by Gasteiger charge is 2.32. The van der Waals surface area contributed by atoms with Crippen molar-refractivity contribution >= 4 is 23.3 Å². The van der Waals surface area contributed by atoms with Crippen LogP contribution < -0.4 is 15.0 Å². The molecule has 130 valence electrons. The number of halogens is 1. The number of anilines is 2. The molecule has 7 heteroatoms. The number of hydrogen-bond acceptors (Lipinski definition) is 3. The van der Waals surface area contributed by atoms with E-state index in [1.54, 1.807) is 30.2 Å². The van der Waals surface area contributed by atoms with Gasteiger partial charge in [0.15, 0.2) is 0 Å². The van der Waals surface area contributed by atoms with Crippen LogP contribution in [0.25, 0.3) is 0 Å². The molecular formula is C18H18FN3O3. The van der Waals surface area contributed by atoms with Crippen molar-refractivity contribution in [3.63, 3.8) is 0 Å². The molecule has 1 aliphatic rings. The van der Waals surface area contributed by atoms with Gasteiger partial charge in [-0.25, -0.2) is 9.18 Å². The molecule has 25 heavy (non-hydrogen) atoms. The number of para-hydroxylation sites is 2. The van der Waals surface area contributed by atoms with Crippen molar-refractivity contribution < 1.29 is 18.7 Å². The summed E-state index contributed by atoms with van der Waals surface area (Å²) in [6.07, 6.45) is 0. The van der Waals surface area contributed by atoms with Gasteiger partial charge in [0.05, 0.1) is 12.8 Å². The molecule has 0 atom stereocenters. The van der Waals surface area contributed by atoms with E-state index in [9.17, 15) is 14.0 Å². The van der Waals surface area contributed by atoms with E-state index in [0.717, 1.165) is 0 Å². The zero-order valence-corrected chi connectivity index (χ0v) is 13.7. The van der Waals surface area contributed by atoms with Gasteiger partial charge in [-0.05, 0) is 30.3 Å². The number of hydrogen-bond donors (Lipinski definition) is 1. The maximum atomic E-state index is 13.2. The van der Waals surface area contributed by atoms with Gasteiger partial charge in [-0.2, -0.15) is 0 Å². The maximum Gasteiger partial charge on any atom is 0.325 e. The highest BCUT2D eigenvalue weighted by Crippen LogP contribution is 2.30. The van der Waals surface area contributed by atoms with E-state index in [1.165, 1.54) is 23.1 Å². The van der Waals surface area contributed by atoms with Crippen molar-refractivity contribution in [3.8, 4) is 5.75 Å². The summed E-state index contributed by atoms with van der Waals surface area (Å²) < 4.78 is 18.4. The highest BCUT2D eigenvalue weighted by atomic mass is 19.1. The van der Waals surface area contributed by atoms with Crippen molar-refractivity contribution in [1.82, 2.24) is 4.90 Å². The molecule has 3 rings (SSSR count). The first-order chi connectivity index (χ1) is 12.1. The number of carbonyl (C=O) groups is 2. The lowest BCUT2D eigenvalue weighted by atomic mass is 10.2. The van der Waals surface area contributed by atoms with Crippen LogP contribution in [0.2, 0.25) is 0 Å². The van der Waals surface area contributed by atoms with Crippen molar-refractivity contribution in [1.29, 1.82) is 0 Å². The monoisotopic (exact) mass is 343 g/mol. The molecule has 1 heterocycles. The van der Waals surface area contributed by atoms with Gasteiger partial charge in [-0.1, -0.05) is 18.2 Å². The minimum absolute atomic E-state index is 0.0962. The summed E-state index contributed by atoms with van der Waals surface area (Å²) in [4.78, 5) is 27.7. The lowest BCUT2D eigenvalue weighted by Gasteiger charge is -2.20. The summed E-state index contributed by atoms with van der Waals surface area (Å²) in [5, 5.41) is 2.59. The van der Waals surface area contributed by atoms with Crippen LogP contribution in [0.5, 0.6) is 5.75 Å². The molecule has 0 bridgehead atoms. The fourth-order valence-electron chi connectivity index (χ4n) is 2.75. The Labute approximate surface area is 144 Å². The largest absolute Gasteiger partial charge is 0.495 e. The van der Waals surface area contributed by atoms with Crippen LogP contribution in [-0.2, 0) is 4.79 Å². The minimum Gasteiger partial charge on any atom is -0.495 e. The second-order valence-electron chi connectivity index (χ2n) is 5.59. The number of nitrogens with one attached hydrogen (secondary N) is 1. The molecule has 0 radical (unpaired) electrons. The third-order valence-electron chi connectivity index (χ3n) is 3.91. The fourth-order valence-corrected chi connectivity index (χ4v) is 2.75. The van der Waals surface area contributed by atoms with Crippen LogP contribution in [0, 0.1) is 5.82 Å². The third kappa shape index (κ3) is 3.71. The van der Waals surface area contributed by atoms with Crippen molar-refractivity contribution in [2.45, 2.75) is 0 Å². The van der Waals surface area contributed by atoms with Crippen LogP contribution in [0.1, 0.15) is 0 Å². The Morgan fingerprint density at radius 1 is 1.20 bits per heavy atom. The van der Waals surface area contributed by atoms with Crippen LogP contribution in [0.15, 0.2) is 48.5 Å². The average Bonchev–Trinajstić information content (AvgIpc) is 2.95. The van der Waals surface area contributed by atoms with Crippen molar-refractivity contribution in [3.05, 3.63) is 54.3 Å². The maximum absolute atomic E-state index is 13.2. The van der Waals surface area contributed by atoms with Crippen molar-refractivity contribution in [2.75, 3.05) is 37.0 Å². The molecule has 0 unspecified atom stereocenters. The Morgan fingerprint density at radius 2 is 2.00 bits per heavy atom. The number of methoxy groups -OCH3 is 1. The molecule has 0 saturated carbocycles. The van der Waals surface area contributed by atoms with E-state index >= 15 is 0 Å². The predicted molar refractivity (Wildman–Crippen MR) is 92.3 cm³/mol. The Bertz CT molecular complexity index is 797. The molecule has 0 spiro atoms. The molecule has 1 N–H and O–H groups in total. The van der Waals surface area contributed by atoms with Crippen LogP contribution in [-0.4, -0.2) is 43.6 Å². The molecule has 1 saturated heterocycles. The number of carbonyl (C=O) groups excluding carboxylic acids is 2. The van der Waals surface area contributed by atoms with Gasteiger partial charge in [0.25, 0.3) is 0 Å². The number of amides is 3. The molecule has 1 fully saturated rings. The molecule has 2 aromatic rings. The molecule has 0 aromatic heterocycles. The van der Waals surface area contributed by atoms with E-state index < -0.39 is 5.82 Å². The standard InChI is InChI=1S/C18H18FN3O3/c1-25-16-8-3-2-7-15(16)22-10-9-21(18(22)24)12-17(23)20-14-6-4-5-13(19)11-14/h2-8,11H,9-10,12H2,1H3,(H,20,23). The topological polar surface area (TPSA) is 61.9 Å². The van der Waals surface area contributed by atoms with Gasteiger partial charge >= 0.3 is 6.03 Å². The Hall–Kier alpha value is -3.09. The quantitative estimate of drug-likeness (QED) is 0.908. The Kier molecular flexibility index (Phi) is 4.83. The predicted octanol–water partition coefficient (Wildman–Crippen LogP) is 2.72. The number of rotatable bonds is 5. The zero-order valence-electron chi connectivity index (χ0n) is 13.7. The third-order valence-corrected chi connectivity index (χ3v) is 3.91. The van der Waals surface area contributed by atoms with Crippen LogP contribution >= 0.6 is 0 Å². The number of nitrogens with zero attached hydrogens (tertiary/aromatic N) is 2. The zero-order chi connectivity index (χ0) is 17.8. The molecule has 0 aliphatic carbocycles. The van der Waals surface area contributed by atoms with Crippen molar-refractivity contribution in [2.24, 2.45) is 0 Å². The summed E-state index contributed by atoms with van der Waals surface area (Å²) in [6.45, 7) is 0.793. The van der Waals surface area contributed by atoms with Gasteiger partial charge in [0.2, 0.25) is 5.91 Å². The number of urea groups is 1. The second-order valence-corrected chi connectivity index (χ2v) is 5.59. The van der Waals surface area contributed by atoms with Gasteiger partial charge in [-0.15, -0.1) is 0 Å². The van der Waals surface area contributed by atoms with E-state index in [4.69, 9.17) is 4.74 Å². The van der Waals surface area contributed by atoms with E-state index in [1.807, 2.05) is 12.1 Å². The lowest BCUT2D eigenvalue weighted by Crippen LogP contribution is -2.37. The van der Waals surface area contributed by atoms with Crippen LogP contribution in [0.3, 0.4) is 0 Å². The van der Waals surface area contributed by atoms with E-state index in [0.29, 0.717) is 30.2 Å². The summed E-state index contributed by atoms with van der Waals surface area (Å²) >= 11 is 0. The fraction of sp³-hybridized carbons (Fsp3) is 0.222. The Morgan fingerprint density at radius 3 is 2.76 bits per heavy atom. The molecule has 3 amide bonds.